The molecule has 5 heteroatoms. The number of rotatable bonds is 5. The number of nitrogens with one attached hydrogen (secondary N) is 1. The van der Waals surface area contributed by atoms with Crippen LogP contribution in [0, 0.1) is 18.3 Å². The summed E-state index contributed by atoms with van der Waals surface area (Å²) in [5.41, 5.74) is 1.08. The number of hydrogen-bond donors (Lipinski definition) is 1. The number of aromatic nitrogens is 2. The highest BCUT2D eigenvalue weighted by atomic mass is 16.5. The van der Waals surface area contributed by atoms with Gasteiger partial charge in [0.05, 0.1) is 19.0 Å². The third kappa shape index (κ3) is 3.15. The normalized spacial score (nSPS) is 12.0. The fourth-order valence-corrected chi connectivity index (χ4v) is 1.71. The molecule has 1 aromatic heterocycles. The first-order valence-corrected chi connectivity index (χ1v) is 5.74. The predicted molar refractivity (Wildman–Crippen MR) is 65.3 cm³/mol. The maximum Gasteiger partial charge on any atom is 0.223 e. The maximum absolute atomic E-state index is 8.86. The van der Waals surface area contributed by atoms with Crippen LogP contribution < -0.4 is 5.32 Å². The van der Waals surface area contributed by atoms with Crippen molar-refractivity contribution in [3.8, 4) is 6.07 Å². The van der Waals surface area contributed by atoms with E-state index in [0.717, 1.165) is 5.56 Å². The van der Waals surface area contributed by atoms with E-state index in [-0.39, 0.29) is 6.04 Å². The van der Waals surface area contributed by atoms with Crippen molar-refractivity contribution >= 4 is 0 Å². The molecule has 0 aliphatic carbocycles. The van der Waals surface area contributed by atoms with Crippen molar-refractivity contribution in [1.29, 1.82) is 5.26 Å². The largest absolute Gasteiger partial charge is 0.340 e. The summed E-state index contributed by atoms with van der Waals surface area (Å²) in [4.78, 5) is 4.11. The van der Waals surface area contributed by atoms with E-state index in [9.17, 15) is 0 Å². The second-order valence-electron chi connectivity index (χ2n) is 3.94. The molecule has 0 aliphatic rings. The first kappa shape index (κ1) is 12.3. The molecule has 0 radical (unpaired) electrons. The van der Waals surface area contributed by atoms with E-state index in [1.807, 2.05) is 30.3 Å². The highest BCUT2D eigenvalue weighted by molar-refractivity contribution is 5.19. The molecule has 92 valence electrons. The van der Waals surface area contributed by atoms with Gasteiger partial charge in [-0.15, -0.1) is 0 Å². The summed E-state index contributed by atoms with van der Waals surface area (Å²) in [6, 6.07) is 12.0. The molecule has 1 aromatic carbocycles. The van der Waals surface area contributed by atoms with Crippen LogP contribution in [0.3, 0.4) is 0 Å². The molecule has 0 fully saturated rings. The van der Waals surface area contributed by atoms with Gasteiger partial charge in [-0.2, -0.15) is 10.2 Å². The van der Waals surface area contributed by atoms with E-state index >= 15 is 0 Å². The van der Waals surface area contributed by atoms with Crippen molar-refractivity contribution in [1.82, 2.24) is 15.5 Å². The van der Waals surface area contributed by atoms with Crippen LogP contribution in [0.4, 0.5) is 0 Å². The lowest BCUT2D eigenvalue weighted by molar-refractivity contribution is 0.383. The number of nitrogens with zero attached hydrogens (tertiary/aromatic N) is 3. The molecule has 0 saturated carbocycles. The summed E-state index contributed by atoms with van der Waals surface area (Å²) in [5, 5.41) is 15.9. The van der Waals surface area contributed by atoms with Crippen molar-refractivity contribution in [2.75, 3.05) is 0 Å². The van der Waals surface area contributed by atoms with Gasteiger partial charge in [0, 0.05) is 13.0 Å². The zero-order valence-corrected chi connectivity index (χ0v) is 10.1. The number of hydrogen-bond acceptors (Lipinski definition) is 5. The lowest BCUT2D eigenvalue weighted by Gasteiger charge is -2.14. The van der Waals surface area contributed by atoms with Crippen LogP contribution in [0.25, 0.3) is 0 Å². The summed E-state index contributed by atoms with van der Waals surface area (Å²) in [6.07, 6.45) is 0.404. The molecule has 0 amide bonds. The van der Waals surface area contributed by atoms with Crippen LogP contribution in [0.2, 0.25) is 0 Å². The van der Waals surface area contributed by atoms with Crippen molar-refractivity contribution in [2.45, 2.75) is 25.9 Å². The topological polar surface area (TPSA) is 74.7 Å². The van der Waals surface area contributed by atoms with Gasteiger partial charge < -0.3 is 9.84 Å². The minimum absolute atomic E-state index is 0.0185. The summed E-state index contributed by atoms with van der Waals surface area (Å²) < 4.78 is 4.90. The Kier molecular flexibility index (Phi) is 4.05. The molecule has 1 unspecified atom stereocenters. The molecule has 18 heavy (non-hydrogen) atoms. The molecule has 5 nitrogen and oxygen atoms in total. The zero-order valence-electron chi connectivity index (χ0n) is 10.1. The van der Waals surface area contributed by atoms with Gasteiger partial charge in [-0.25, -0.2) is 0 Å². The van der Waals surface area contributed by atoms with Crippen LogP contribution in [-0.4, -0.2) is 10.1 Å². The van der Waals surface area contributed by atoms with E-state index in [1.54, 1.807) is 6.92 Å². The average molecular weight is 242 g/mol. The Bertz CT molecular complexity index is 529. The van der Waals surface area contributed by atoms with Crippen LogP contribution in [0.5, 0.6) is 0 Å². The van der Waals surface area contributed by atoms with E-state index in [4.69, 9.17) is 9.78 Å². The molecule has 0 aliphatic heterocycles. The molecule has 0 spiro atoms. The number of benzene rings is 1. The zero-order chi connectivity index (χ0) is 12.8. The van der Waals surface area contributed by atoms with E-state index in [1.165, 1.54) is 0 Å². The summed E-state index contributed by atoms with van der Waals surface area (Å²) >= 11 is 0. The van der Waals surface area contributed by atoms with Crippen LogP contribution >= 0.6 is 0 Å². The predicted octanol–water partition coefficient (Wildman–Crippen LogP) is 2.12. The van der Waals surface area contributed by atoms with E-state index < -0.39 is 0 Å². The molecule has 2 rings (SSSR count). The Balaban J connectivity index is 2.01. The van der Waals surface area contributed by atoms with Gasteiger partial charge in [-0.3, -0.25) is 0 Å². The third-order valence-electron chi connectivity index (χ3n) is 2.57. The Morgan fingerprint density at radius 1 is 1.39 bits per heavy atom. The molecule has 0 saturated heterocycles. The fourth-order valence-electron chi connectivity index (χ4n) is 1.71. The van der Waals surface area contributed by atoms with Gasteiger partial charge in [0.1, 0.15) is 0 Å². The molecule has 0 bridgehead atoms. The minimum Gasteiger partial charge on any atom is -0.340 e. The standard InChI is InChI=1S/C13H14N4O/c1-10-16-13(17-18-10)9-15-12(7-8-14)11-5-3-2-4-6-11/h2-6,12,15H,7,9H2,1H3. The van der Waals surface area contributed by atoms with Crippen molar-refractivity contribution in [3.05, 3.63) is 47.6 Å². The first-order chi connectivity index (χ1) is 8.79. The second-order valence-corrected chi connectivity index (χ2v) is 3.94. The number of aryl methyl sites for hydroxylation is 1. The third-order valence-corrected chi connectivity index (χ3v) is 2.57. The summed E-state index contributed by atoms with van der Waals surface area (Å²) in [6.45, 7) is 2.24. The summed E-state index contributed by atoms with van der Waals surface area (Å²) in [5.74, 6) is 1.15. The van der Waals surface area contributed by atoms with Gasteiger partial charge in [0.25, 0.3) is 0 Å². The highest BCUT2D eigenvalue weighted by Gasteiger charge is 2.11. The summed E-state index contributed by atoms with van der Waals surface area (Å²) in [7, 11) is 0. The van der Waals surface area contributed by atoms with Gasteiger partial charge >= 0.3 is 0 Å². The minimum atomic E-state index is -0.0185. The molecular weight excluding hydrogens is 228 g/mol. The monoisotopic (exact) mass is 242 g/mol. The van der Waals surface area contributed by atoms with Gasteiger partial charge in [0.2, 0.25) is 5.89 Å². The van der Waals surface area contributed by atoms with E-state index in [0.29, 0.717) is 24.7 Å². The quantitative estimate of drug-likeness (QED) is 0.869. The molecular formula is C13H14N4O. The Hall–Kier alpha value is -2.19. The van der Waals surface area contributed by atoms with Gasteiger partial charge in [-0.1, -0.05) is 35.5 Å². The Labute approximate surface area is 105 Å². The lowest BCUT2D eigenvalue weighted by atomic mass is 10.0. The lowest BCUT2D eigenvalue weighted by Crippen LogP contribution is -2.21. The van der Waals surface area contributed by atoms with Gasteiger partial charge in [0.15, 0.2) is 5.82 Å². The second kappa shape index (κ2) is 5.94. The van der Waals surface area contributed by atoms with Crippen molar-refractivity contribution in [2.24, 2.45) is 0 Å². The van der Waals surface area contributed by atoms with E-state index in [2.05, 4.69) is 21.5 Å². The van der Waals surface area contributed by atoms with Crippen LogP contribution in [-0.2, 0) is 6.54 Å². The fraction of sp³-hybridized carbons (Fsp3) is 0.308. The first-order valence-electron chi connectivity index (χ1n) is 5.74. The smallest absolute Gasteiger partial charge is 0.223 e. The molecule has 2 aromatic rings. The van der Waals surface area contributed by atoms with Crippen molar-refractivity contribution in [3.63, 3.8) is 0 Å². The number of nitriles is 1. The SMILES string of the molecule is Cc1nc(CNC(CC#N)c2ccccc2)no1. The highest BCUT2D eigenvalue weighted by Crippen LogP contribution is 2.16. The van der Waals surface area contributed by atoms with Crippen LogP contribution in [0.15, 0.2) is 34.9 Å². The average Bonchev–Trinajstić information content (AvgIpc) is 2.81. The molecule has 1 N–H and O–H groups in total. The van der Waals surface area contributed by atoms with Crippen LogP contribution in [0.1, 0.15) is 29.7 Å². The Morgan fingerprint density at radius 3 is 2.78 bits per heavy atom. The Morgan fingerprint density at radius 2 is 2.17 bits per heavy atom. The maximum atomic E-state index is 8.86. The molecule has 1 heterocycles. The van der Waals surface area contributed by atoms with Gasteiger partial charge in [-0.05, 0) is 5.56 Å². The van der Waals surface area contributed by atoms with Crippen molar-refractivity contribution < 1.29 is 4.52 Å². The molecule has 1 atom stereocenters.